The van der Waals surface area contributed by atoms with Crippen molar-refractivity contribution in [3.63, 3.8) is 0 Å². The van der Waals surface area contributed by atoms with E-state index in [9.17, 15) is 0 Å². The van der Waals surface area contributed by atoms with Crippen LogP contribution in [-0.4, -0.2) is 26.3 Å². The van der Waals surface area contributed by atoms with E-state index in [2.05, 4.69) is 27.3 Å². The molecule has 19 heavy (non-hydrogen) atoms. The molecule has 0 spiro atoms. The molecule has 0 aromatic carbocycles. The topological polar surface area (TPSA) is 55.6 Å². The Hall–Kier alpha value is -1.56. The molecule has 0 aliphatic carbocycles. The Morgan fingerprint density at radius 3 is 2.89 bits per heavy atom. The SMILES string of the molecule is CCCNc1cc(C)nc(CSc2cnn(C)c2)n1. The Bertz CT molecular complexity index is 538. The molecule has 2 aromatic rings. The van der Waals surface area contributed by atoms with Crippen LogP contribution in [0.5, 0.6) is 0 Å². The van der Waals surface area contributed by atoms with Crippen LogP contribution in [0.2, 0.25) is 0 Å². The molecule has 6 heteroatoms. The number of nitrogens with one attached hydrogen (secondary N) is 1. The van der Waals surface area contributed by atoms with Gasteiger partial charge in [0.1, 0.15) is 11.6 Å². The second kappa shape index (κ2) is 6.56. The van der Waals surface area contributed by atoms with E-state index in [1.165, 1.54) is 0 Å². The van der Waals surface area contributed by atoms with Crippen molar-refractivity contribution >= 4 is 17.6 Å². The highest BCUT2D eigenvalue weighted by Crippen LogP contribution is 2.21. The average molecular weight is 277 g/mol. The van der Waals surface area contributed by atoms with Gasteiger partial charge in [0.15, 0.2) is 0 Å². The molecule has 0 radical (unpaired) electrons. The first-order valence-corrected chi connectivity index (χ1v) is 7.36. The van der Waals surface area contributed by atoms with E-state index >= 15 is 0 Å². The summed E-state index contributed by atoms with van der Waals surface area (Å²) in [4.78, 5) is 10.1. The molecule has 102 valence electrons. The minimum absolute atomic E-state index is 0.758. The molecule has 0 atom stereocenters. The minimum atomic E-state index is 0.758. The van der Waals surface area contributed by atoms with Gasteiger partial charge in [-0.2, -0.15) is 5.10 Å². The summed E-state index contributed by atoms with van der Waals surface area (Å²) in [6, 6.07) is 1.98. The predicted octanol–water partition coefficient (Wildman–Crippen LogP) is 2.63. The predicted molar refractivity (Wildman–Crippen MR) is 78.3 cm³/mol. The molecule has 0 aliphatic rings. The third-order valence-corrected chi connectivity index (χ3v) is 3.45. The molecule has 2 aromatic heterocycles. The van der Waals surface area contributed by atoms with Crippen LogP contribution in [0.4, 0.5) is 5.82 Å². The van der Waals surface area contributed by atoms with E-state index in [-0.39, 0.29) is 0 Å². The molecule has 0 unspecified atom stereocenters. The van der Waals surface area contributed by atoms with E-state index in [0.717, 1.165) is 41.0 Å². The van der Waals surface area contributed by atoms with Crippen molar-refractivity contribution in [1.82, 2.24) is 19.7 Å². The summed E-state index contributed by atoms with van der Waals surface area (Å²) >= 11 is 1.70. The number of hydrogen-bond donors (Lipinski definition) is 1. The normalized spacial score (nSPS) is 10.7. The van der Waals surface area contributed by atoms with Gasteiger partial charge in [-0.25, -0.2) is 9.97 Å². The van der Waals surface area contributed by atoms with Crippen molar-refractivity contribution in [2.24, 2.45) is 7.05 Å². The summed E-state index contributed by atoms with van der Waals surface area (Å²) in [6.07, 6.45) is 4.94. The summed E-state index contributed by atoms with van der Waals surface area (Å²) in [7, 11) is 1.92. The van der Waals surface area contributed by atoms with Crippen LogP contribution in [0.3, 0.4) is 0 Å². The minimum Gasteiger partial charge on any atom is -0.370 e. The van der Waals surface area contributed by atoms with Crippen LogP contribution in [0.1, 0.15) is 24.9 Å². The van der Waals surface area contributed by atoms with E-state index < -0.39 is 0 Å². The van der Waals surface area contributed by atoms with Crippen molar-refractivity contribution < 1.29 is 0 Å². The second-order valence-corrected chi connectivity index (χ2v) is 5.42. The van der Waals surface area contributed by atoms with Crippen molar-refractivity contribution in [3.8, 4) is 0 Å². The maximum Gasteiger partial charge on any atom is 0.141 e. The summed E-state index contributed by atoms with van der Waals surface area (Å²) < 4.78 is 1.80. The maximum atomic E-state index is 4.52. The fraction of sp³-hybridized carbons (Fsp3) is 0.462. The molecule has 2 rings (SSSR count). The fourth-order valence-corrected chi connectivity index (χ4v) is 2.43. The number of anilines is 1. The zero-order valence-electron chi connectivity index (χ0n) is 11.6. The van der Waals surface area contributed by atoms with Crippen molar-refractivity contribution in [3.05, 3.63) is 30.0 Å². The monoisotopic (exact) mass is 277 g/mol. The molecule has 5 nitrogen and oxygen atoms in total. The first-order chi connectivity index (χ1) is 9.17. The zero-order chi connectivity index (χ0) is 13.7. The first-order valence-electron chi connectivity index (χ1n) is 6.37. The van der Waals surface area contributed by atoms with Gasteiger partial charge in [0.2, 0.25) is 0 Å². The maximum absolute atomic E-state index is 4.52. The van der Waals surface area contributed by atoms with Crippen LogP contribution in [0, 0.1) is 6.92 Å². The van der Waals surface area contributed by atoms with Crippen LogP contribution >= 0.6 is 11.8 Å². The number of rotatable bonds is 6. The van der Waals surface area contributed by atoms with Crippen LogP contribution in [-0.2, 0) is 12.8 Å². The van der Waals surface area contributed by atoms with Gasteiger partial charge in [-0.3, -0.25) is 4.68 Å². The highest BCUT2D eigenvalue weighted by atomic mass is 32.2. The van der Waals surface area contributed by atoms with Gasteiger partial charge >= 0.3 is 0 Å². The van der Waals surface area contributed by atoms with Crippen molar-refractivity contribution in [2.45, 2.75) is 30.9 Å². The Morgan fingerprint density at radius 1 is 1.37 bits per heavy atom. The van der Waals surface area contributed by atoms with Crippen LogP contribution < -0.4 is 5.32 Å². The van der Waals surface area contributed by atoms with E-state index in [1.807, 2.05) is 32.4 Å². The standard InChI is InChI=1S/C13H19N5S/c1-4-5-14-12-6-10(2)16-13(17-12)9-19-11-7-15-18(3)8-11/h6-8H,4-5,9H2,1-3H3,(H,14,16,17). The van der Waals surface area contributed by atoms with Gasteiger partial charge in [0.25, 0.3) is 0 Å². The first kappa shape index (κ1) is 13.9. The van der Waals surface area contributed by atoms with E-state index in [1.54, 1.807) is 16.4 Å². The lowest BCUT2D eigenvalue weighted by Crippen LogP contribution is -2.05. The number of nitrogens with zero attached hydrogens (tertiary/aromatic N) is 4. The fourth-order valence-electron chi connectivity index (χ4n) is 1.66. The summed E-state index contributed by atoms with van der Waals surface area (Å²) in [5.74, 6) is 2.53. The van der Waals surface area contributed by atoms with Crippen LogP contribution in [0.15, 0.2) is 23.4 Å². The lowest BCUT2D eigenvalue weighted by atomic mass is 10.4. The molecular formula is C13H19N5S. The van der Waals surface area contributed by atoms with Gasteiger partial charge in [0, 0.05) is 36.4 Å². The van der Waals surface area contributed by atoms with Crippen LogP contribution in [0.25, 0.3) is 0 Å². The average Bonchev–Trinajstić information content (AvgIpc) is 2.79. The summed E-state index contributed by atoms with van der Waals surface area (Å²) in [6.45, 7) is 5.07. The molecule has 1 N–H and O–H groups in total. The molecular weight excluding hydrogens is 258 g/mol. The molecule has 0 bridgehead atoms. The van der Waals surface area contributed by atoms with E-state index in [0.29, 0.717) is 0 Å². The van der Waals surface area contributed by atoms with Gasteiger partial charge in [-0.05, 0) is 13.3 Å². The Labute approximate surface area is 117 Å². The highest BCUT2D eigenvalue weighted by Gasteiger charge is 2.04. The Kier molecular flexibility index (Phi) is 4.79. The van der Waals surface area contributed by atoms with Crippen molar-refractivity contribution in [2.75, 3.05) is 11.9 Å². The highest BCUT2D eigenvalue weighted by molar-refractivity contribution is 7.98. The molecule has 0 saturated heterocycles. The summed E-state index contributed by atoms with van der Waals surface area (Å²) in [5, 5.41) is 7.45. The van der Waals surface area contributed by atoms with Gasteiger partial charge < -0.3 is 5.32 Å². The number of thioether (sulfide) groups is 1. The Morgan fingerprint density at radius 2 is 2.21 bits per heavy atom. The lowest BCUT2D eigenvalue weighted by Gasteiger charge is -2.07. The lowest BCUT2D eigenvalue weighted by molar-refractivity contribution is 0.766. The van der Waals surface area contributed by atoms with Gasteiger partial charge in [-0.1, -0.05) is 6.92 Å². The second-order valence-electron chi connectivity index (χ2n) is 4.38. The summed E-state index contributed by atoms with van der Waals surface area (Å²) in [5.41, 5.74) is 0.996. The molecule has 0 aliphatic heterocycles. The number of hydrogen-bond acceptors (Lipinski definition) is 5. The molecule has 2 heterocycles. The third kappa shape index (κ3) is 4.24. The van der Waals surface area contributed by atoms with Crippen molar-refractivity contribution in [1.29, 1.82) is 0 Å². The molecule has 0 fully saturated rings. The number of aromatic nitrogens is 4. The van der Waals surface area contributed by atoms with E-state index in [4.69, 9.17) is 0 Å². The Balaban J connectivity index is 2.01. The molecule has 0 saturated carbocycles. The molecule has 0 amide bonds. The quantitative estimate of drug-likeness (QED) is 0.823. The smallest absolute Gasteiger partial charge is 0.141 e. The number of aryl methyl sites for hydroxylation is 2. The zero-order valence-corrected chi connectivity index (χ0v) is 12.4. The third-order valence-electron chi connectivity index (χ3n) is 2.51. The largest absolute Gasteiger partial charge is 0.370 e. The van der Waals surface area contributed by atoms with Gasteiger partial charge in [-0.15, -0.1) is 11.8 Å². The van der Waals surface area contributed by atoms with Gasteiger partial charge in [0.05, 0.1) is 11.9 Å².